The third-order valence-corrected chi connectivity index (χ3v) is 3.62. The van der Waals surface area contributed by atoms with Crippen molar-refractivity contribution in [2.75, 3.05) is 18.5 Å². The lowest BCUT2D eigenvalue weighted by Crippen LogP contribution is -2.21. The molecule has 0 spiro atoms. The van der Waals surface area contributed by atoms with Crippen LogP contribution in [0.15, 0.2) is 18.3 Å². The summed E-state index contributed by atoms with van der Waals surface area (Å²) in [6.07, 6.45) is 7.42. The van der Waals surface area contributed by atoms with E-state index in [2.05, 4.69) is 34.4 Å². The van der Waals surface area contributed by atoms with Crippen molar-refractivity contribution in [2.45, 2.75) is 38.3 Å². The molecule has 3 heteroatoms. The molecule has 0 aliphatic heterocycles. The van der Waals surface area contributed by atoms with Gasteiger partial charge in [-0.25, -0.2) is 0 Å². The first kappa shape index (κ1) is 11.0. The SMILES string of the molecule is CN(CC1CC1)c1ccnc(CNC2CC2)c1. The van der Waals surface area contributed by atoms with E-state index in [1.807, 2.05) is 6.20 Å². The molecule has 2 fully saturated rings. The Labute approximate surface area is 103 Å². The lowest BCUT2D eigenvalue weighted by molar-refractivity contribution is 0.673. The number of hydrogen-bond donors (Lipinski definition) is 1. The molecule has 0 unspecified atom stereocenters. The van der Waals surface area contributed by atoms with Crippen LogP contribution >= 0.6 is 0 Å². The van der Waals surface area contributed by atoms with Crippen LogP contribution in [0.25, 0.3) is 0 Å². The van der Waals surface area contributed by atoms with E-state index in [4.69, 9.17) is 0 Å². The van der Waals surface area contributed by atoms with E-state index < -0.39 is 0 Å². The predicted molar refractivity (Wildman–Crippen MR) is 70.1 cm³/mol. The van der Waals surface area contributed by atoms with Gasteiger partial charge >= 0.3 is 0 Å². The Balaban J connectivity index is 1.59. The lowest BCUT2D eigenvalue weighted by atomic mass is 10.2. The molecule has 1 N–H and O–H groups in total. The van der Waals surface area contributed by atoms with E-state index in [0.717, 1.165) is 24.2 Å². The first-order chi connectivity index (χ1) is 8.31. The Hall–Kier alpha value is -1.09. The van der Waals surface area contributed by atoms with Gasteiger partial charge in [-0.1, -0.05) is 0 Å². The highest BCUT2D eigenvalue weighted by molar-refractivity contribution is 5.45. The van der Waals surface area contributed by atoms with Gasteiger partial charge in [0.25, 0.3) is 0 Å². The van der Waals surface area contributed by atoms with Crippen molar-refractivity contribution in [3.8, 4) is 0 Å². The Morgan fingerprint density at radius 3 is 2.88 bits per heavy atom. The third-order valence-electron chi connectivity index (χ3n) is 3.62. The van der Waals surface area contributed by atoms with Gasteiger partial charge in [-0.2, -0.15) is 0 Å². The van der Waals surface area contributed by atoms with Crippen LogP contribution in [0.4, 0.5) is 5.69 Å². The van der Waals surface area contributed by atoms with Gasteiger partial charge in [0.15, 0.2) is 0 Å². The van der Waals surface area contributed by atoms with Crippen molar-refractivity contribution >= 4 is 5.69 Å². The van der Waals surface area contributed by atoms with Gasteiger partial charge in [-0.05, 0) is 43.7 Å². The fourth-order valence-electron chi connectivity index (χ4n) is 2.13. The zero-order valence-electron chi connectivity index (χ0n) is 10.5. The number of pyridine rings is 1. The average Bonchev–Trinajstić information content (AvgIpc) is 3.21. The molecule has 2 saturated carbocycles. The molecule has 2 aliphatic carbocycles. The second-order valence-corrected chi connectivity index (χ2v) is 5.48. The monoisotopic (exact) mass is 231 g/mol. The van der Waals surface area contributed by atoms with Crippen molar-refractivity contribution in [3.05, 3.63) is 24.0 Å². The van der Waals surface area contributed by atoms with Crippen LogP contribution in [0.5, 0.6) is 0 Å². The van der Waals surface area contributed by atoms with Gasteiger partial charge in [0.2, 0.25) is 0 Å². The van der Waals surface area contributed by atoms with Crippen LogP contribution in [0, 0.1) is 5.92 Å². The molecule has 3 rings (SSSR count). The minimum atomic E-state index is 0.754. The smallest absolute Gasteiger partial charge is 0.0562 e. The van der Waals surface area contributed by atoms with Crippen LogP contribution < -0.4 is 10.2 Å². The second-order valence-electron chi connectivity index (χ2n) is 5.48. The maximum atomic E-state index is 4.43. The summed E-state index contributed by atoms with van der Waals surface area (Å²) in [6, 6.07) is 5.09. The normalized spacial score (nSPS) is 19.4. The molecular formula is C14H21N3. The fourth-order valence-corrected chi connectivity index (χ4v) is 2.13. The van der Waals surface area contributed by atoms with Gasteiger partial charge in [0.1, 0.15) is 0 Å². The van der Waals surface area contributed by atoms with Gasteiger partial charge in [0, 0.05) is 38.1 Å². The summed E-state index contributed by atoms with van der Waals surface area (Å²) in [4.78, 5) is 6.79. The van der Waals surface area contributed by atoms with Crippen LogP contribution in [-0.2, 0) is 6.54 Å². The molecule has 2 aliphatic rings. The van der Waals surface area contributed by atoms with Crippen LogP contribution in [0.3, 0.4) is 0 Å². The molecule has 0 amide bonds. The Morgan fingerprint density at radius 1 is 1.35 bits per heavy atom. The molecule has 0 saturated heterocycles. The minimum absolute atomic E-state index is 0.754. The van der Waals surface area contributed by atoms with Crippen LogP contribution in [0.1, 0.15) is 31.4 Å². The van der Waals surface area contributed by atoms with E-state index in [0.29, 0.717) is 0 Å². The summed E-state index contributed by atoms with van der Waals surface area (Å²) >= 11 is 0. The first-order valence-corrected chi connectivity index (χ1v) is 6.71. The Morgan fingerprint density at radius 2 is 2.18 bits per heavy atom. The number of rotatable bonds is 6. The number of nitrogens with one attached hydrogen (secondary N) is 1. The summed E-state index contributed by atoms with van der Waals surface area (Å²) in [5.74, 6) is 0.932. The maximum absolute atomic E-state index is 4.43. The van der Waals surface area contributed by atoms with Crippen LogP contribution in [0.2, 0.25) is 0 Å². The topological polar surface area (TPSA) is 28.2 Å². The molecule has 92 valence electrons. The lowest BCUT2D eigenvalue weighted by Gasteiger charge is -2.19. The van der Waals surface area contributed by atoms with Gasteiger partial charge in [-0.15, -0.1) is 0 Å². The van der Waals surface area contributed by atoms with E-state index in [9.17, 15) is 0 Å². The molecule has 1 heterocycles. The molecule has 0 bridgehead atoms. The summed E-state index contributed by atoms with van der Waals surface area (Å²) in [5, 5.41) is 3.51. The largest absolute Gasteiger partial charge is 0.374 e. The number of hydrogen-bond acceptors (Lipinski definition) is 3. The van der Waals surface area contributed by atoms with E-state index in [1.54, 1.807) is 0 Å². The molecule has 17 heavy (non-hydrogen) atoms. The molecule has 0 aromatic carbocycles. The van der Waals surface area contributed by atoms with Crippen molar-refractivity contribution in [1.29, 1.82) is 0 Å². The Bertz CT molecular complexity index is 383. The van der Waals surface area contributed by atoms with E-state index in [1.165, 1.54) is 37.9 Å². The highest BCUT2D eigenvalue weighted by Gasteiger charge is 2.23. The van der Waals surface area contributed by atoms with E-state index in [-0.39, 0.29) is 0 Å². The van der Waals surface area contributed by atoms with Crippen molar-refractivity contribution in [2.24, 2.45) is 5.92 Å². The van der Waals surface area contributed by atoms with Crippen molar-refractivity contribution < 1.29 is 0 Å². The standard InChI is InChI=1S/C14H21N3/c1-17(10-11-2-3-11)14-6-7-15-13(8-14)9-16-12-4-5-12/h6-8,11-12,16H,2-5,9-10H2,1H3. The third kappa shape index (κ3) is 3.19. The molecule has 0 radical (unpaired) electrons. The van der Waals surface area contributed by atoms with Gasteiger partial charge in [0.05, 0.1) is 5.69 Å². The number of aromatic nitrogens is 1. The molecular weight excluding hydrogens is 210 g/mol. The molecule has 0 atom stereocenters. The summed E-state index contributed by atoms with van der Waals surface area (Å²) in [6.45, 7) is 2.11. The fraction of sp³-hybridized carbons (Fsp3) is 0.643. The molecule has 1 aromatic rings. The summed E-state index contributed by atoms with van der Waals surface area (Å²) in [5.41, 5.74) is 2.47. The molecule has 1 aromatic heterocycles. The minimum Gasteiger partial charge on any atom is -0.374 e. The highest BCUT2D eigenvalue weighted by atomic mass is 15.1. The van der Waals surface area contributed by atoms with Gasteiger partial charge < -0.3 is 10.2 Å². The number of nitrogens with zero attached hydrogens (tertiary/aromatic N) is 2. The Kier molecular flexibility index (Phi) is 3.02. The quantitative estimate of drug-likeness (QED) is 0.813. The maximum Gasteiger partial charge on any atom is 0.0562 e. The zero-order chi connectivity index (χ0) is 11.7. The highest BCUT2D eigenvalue weighted by Crippen LogP contribution is 2.30. The molecule has 3 nitrogen and oxygen atoms in total. The van der Waals surface area contributed by atoms with Crippen LogP contribution in [-0.4, -0.2) is 24.6 Å². The summed E-state index contributed by atoms with van der Waals surface area (Å²) < 4.78 is 0. The number of anilines is 1. The first-order valence-electron chi connectivity index (χ1n) is 6.71. The zero-order valence-corrected chi connectivity index (χ0v) is 10.5. The van der Waals surface area contributed by atoms with Crippen molar-refractivity contribution in [1.82, 2.24) is 10.3 Å². The van der Waals surface area contributed by atoms with E-state index >= 15 is 0 Å². The predicted octanol–water partition coefficient (Wildman–Crippen LogP) is 2.18. The second kappa shape index (κ2) is 4.65. The van der Waals surface area contributed by atoms with Crippen molar-refractivity contribution in [3.63, 3.8) is 0 Å². The summed E-state index contributed by atoms with van der Waals surface area (Å²) in [7, 11) is 2.19. The average molecular weight is 231 g/mol. The van der Waals surface area contributed by atoms with Gasteiger partial charge in [-0.3, -0.25) is 4.98 Å².